The van der Waals surface area contributed by atoms with Gasteiger partial charge in [0, 0.05) is 11.8 Å². The molecule has 6 heteroatoms. The van der Waals surface area contributed by atoms with Crippen LogP contribution >= 0.6 is 11.8 Å². The van der Waals surface area contributed by atoms with E-state index >= 15 is 0 Å². The summed E-state index contributed by atoms with van der Waals surface area (Å²) in [5.41, 5.74) is 0. The van der Waals surface area contributed by atoms with Gasteiger partial charge in [-0.25, -0.2) is 9.59 Å². The molecule has 0 aromatic heterocycles. The number of carbonyl (C=O) groups is 2. The van der Waals surface area contributed by atoms with E-state index in [1.165, 1.54) is 29.5 Å². The van der Waals surface area contributed by atoms with Gasteiger partial charge in [-0.3, -0.25) is 0 Å². The van der Waals surface area contributed by atoms with Crippen LogP contribution in [-0.4, -0.2) is 45.7 Å². The number of carbonyl (C=O) groups excluding carboxylic acids is 1. The van der Waals surface area contributed by atoms with Crippen LogP contribution in [0.2, 0.25) is 0 Å². The first-order valence-electron chi connectivity index (χ1n) is 6.49. The van der Waals surface area contributed by atoms with E-state index in [-0.39, 0.29) is 12.1 Å². The Morgan fingerprint density at radius 3 is 2.78 bits per heavy atom. The van der Waals surface area contributed by atoms with Crippen molar-refractivity contribution in [3.05, 3.63) is 0 Å². The molecule has 0 spiro atoms. The maximum absolute atomic E-state index is 12.1. The zero-order valence-electron chi connectivity index (χ0n) is 10.6. The second-order valence-electron chi connectivity index (χ2n) is 5.06. The Kier molecular flexibility index (Phi) is 4.37. The van der Waals surface area contributed by atoms with Gasteiger partial charge in [-0.1, -0.05) is 19.8 Å². The third kappa shape index (κ3) is 3.31. The molecule has 1 heterocycles. The summed E-state index contributed by atoms with van der Waals surface area (Å²) in [7, 11) is 0. The van der Waals surface area contributed by atoms with Crippen molar-refractivity contribution in [1.82, 2.24) is 10.2 Å². The standard InChI is InChI=1S/C12H20N2O3S/c1-2-9(5-8-3-4-8)13-12(17)14-7-18-6-10(14)11(15)16/h8-10H,2-7H2,1H3,(H,13,17)(H,15,16)/t9?,10-/m0/s1. The zero-order chi connectivity index (χ0) is 13.1. The number of hydrogen-bond donors (Lipinski definition) is 2. The molecule has 2 N–H and O–H groups in total. The van der Waals surface area contributed by atoms with Crippen molar-refractivity contribution in [2.45, 2.75) is 44.7 Å². The molecule has 0 radical (unpaired) electrons. The van der Waals surface area contributed by atoms with Crippen LogP contribution in [-0.2, 0) is 4.79 Å². The van der Waals surface area contributed by atoms with Crippen molar-refractivity contribution in [1.29, 1.82) is 0 Å². The van der Waals surface area contributed by atoms with Crippen molar-refractivity contribution in [3.63, 3.8) is 0 Å². The lowest BCUT2D eigenvalue weighted by atomic mass is 10.1. The summed E-state index contributed by atoms with van der Waals surface area (Å²) in [5, 5.41) is 12.0. The quantitative estimate of drug-likeness (QED) is 0.799. The Morgan fingerprint density at radius 1 is 1.50 bits per heavy atom. The molecule has 2 rings (SSSR count). The summed E-state index contributed by atoms with van der Waals surface area (Å²) in [6, 6.07) is -0.710. The molecule has 0 aromatic rings. The van der Waals surface area contributed by atoms with Gasteiger partial charge in [0.25, 0.3) is 0 Å². The van der Waals surface area contributed by atoms with Crippen LogP contribution in [0, 0.1) is 5.92 Å². The summed E-state index contributed by atoms with van der Waals surface area (Å²) in [6.45, 7) is 2.06. The minimum Gasteiger partial charge on any atom is -0.480 e. The van der Waals surface area contributed by atoms with Crippen LogP contribution in [0.3, 0.4) is 0 Å². The van der Waals surface area contributed by atoms with Gasteiger partial charge >= 0.3 is 12.0 Å². The van der Waals surface area contributed by atoms with Crippen molar-refractivity contribution < 1.29 is 14.7 Å². The molecule has 1 unspecified atom stereocenters. The van der Waals surface area contributed by atoms with Gasteiger partial charge in [0.15, 0.2) is 0 Å². The number of thioether (sulfide) groups is 1. The van der Waals surface area contributed by atoms with E-state index in [0.29, 0.717) is 11.6 Å². The lowest BCUT2D eigenvalue weighted by Crippen LogP contribution is -2.49. The summed E-state index contributed by atoms with van der Waals surface area (Å²) in [5.74, 6) is 0.814. The van der Waals surface area contributed by atoms with Gasteiger partial charge in [0.1, 0.15) is 6.04 Å². The highest BCUT2D eigenvalue weighted by atomic mass is 32.2. The van der Waals surface area contributed by atoms with Crippen LogP contribution < -0.4 is 5.32 Å². The number of nitrogens with one attached hydrogen (secondary N) is 1. The van der Waals surface area contributed by atoms with Crippen LogP contribution in [0.4, 0.5) is 4.79 Å². The molecule has 1 saturated carbocycles. The second kappa shape index (κ2) is 5.82. The van der Waals surface area contributed by atoms with Crippen molar-refractivity contribution in [2.24, 2.45) is 5.92 Å². The minimum absolute atomic E-state index is 0.185. The second-order valence-corrected chi connectivity index (χ2v) is 6.06. The summed E-state index contributed by atoms with van der Waals surface area (Å²) in [6.07, 6.45) is 4.47. The first-order chi connectivity index (χ1) is 8.61. The molecular weight excluding hydrogens is 252 g/mol. The van der Waals surface area contributed by atoms with Gasteiger partial charge in [0.2, 0.25) is 0 Å². The van der Waals surface area contributed by atoms with E-state index in [1.807, 2.05) is 0 Å². The average Bonchev–Trinajstić information content (AvgIpc) is 3.00. The normalized spacial score (nSPS) is 24.9. The molecule has 2 fully saturated rings. The van der Waals surface area contributed by atoms with E-state index in [9.17, 15) is 9.59 Å². The van der Waals surface area contributed by atoms with Gasteiger partial charge in [-0.2, -0.15) is 0 Å². The third-order valence-electron chi connectivity index (χ3n) is 3.56. The zero-order valence-corrected chi connectivity index (χ0v) is 11.4. The molecule has 102 valence electrons. The van der Waals surface area contributed by atoms with E-state index in [4.69, 9.17) is 5.11 Å². The highest BCUT2D eigenvalue weighted by molar-refractivity contribution is 7.99. The van der Waals surface area contributed by atoms with Gasteiger partial charge in [-0.05, 0) is 18.8 Å². The predicted octanol–water partition coefficient (Wildman–Crippen LogP) is 1.73. The van der Waals surface area contributed by atoms with Crippen molar-refractivity contribution in [3.8, 4) is 0 Å². The van der Waals surface area contributed by atoms with E-state index in [0.717, 1.165) is 18.8 Å². The lowest BCUT2D eigenvalue weighted by molar-refractivity contribution is -0.140. The van der Waals surface area contributed by atoms with Gasteiger partial charge in [-0.15, -0.1) is 11.8 Å². The van der Waals surface area contributed by atoms with Crippen LogP contribution in [0.1, 0.15) is 32.6 Å². The number of amides is 2. The Balaban J connectivity index is 1.87. The molecule has 18 heavy (non-hydrogen) atoms. The van der Waals surface area contributed by atoms with Crippen LogP contribution in [0.25, 0.3) is 0 Å². The fourth-order valence-corrected chi connectivity index (χ4v) is 3.33. The number of urea groups is 1. The SMILES string of the molecule is CCC(CC1CC1)NC(=O)N1CSC[C@H]1C(=O)O. The van der Waals surface area contributed by atoms with Gasteiger partial charge < -0.3 is 15.3 Å². The number of nitrogens with zero attached hydrogens (tertiary/aromatic N) is 1. The fourth-order valence-electron chi connectivity index (χ4n) is 2.19. The number of carboxylic acid groups (broad SMARTS) is 1. The van der Waals surface area contributed by atoms with E-state index in [2.05, 4.69) is 12.2 Å². The topological polar surface area (TPSA) is 69.6 Å². The summed E-state index contributed by atoms with van der Waals surface area (Å²) in [4.78, 5) is 24.5. The molecule has 2 amide bonds. The van der Waals surface area contributed by atoms with E-state index in [1.54, 1.807) is 0 Å². The summed E-state index contributed by atoms with van der Waals surface area (Å²) >= 11 is 1.49. The number of carboxylic acids is 1. The predicted molar refractivity (Wildman–Crippen MR) is 70.5 cm³/mol. The maximum Gasteiger partial charge on any atom is 0.327 e. The Bertz CT molecular complexity index is 333. The third-order valence-corrected chi connectivity index (χ3v) is 4.58. The smallest absolute Gasteiger partial charge is 0.327 e. The molecule has 1 aliphatic heterocycles. The molecule has 1 aliphatic carbocycles. The largest absolute Gasteiger partial charge is 0.480 e. The maximum atomic E-state index is 12.1. The molecule has 1 saturated heterocycles. The molecule has 2 aliphatic rings. The first-order valence-corrected chi connectivity index (χ1v) is 7.65. The Morgan fingerprint density at radius 2 is 2.22 bits per heavy atom. The van der Waals surface area contributed by atoms with Gasteiger partial charge in [0.05, 0.1) is 5.88 Å². The Labute approximate surface area is 111 Å². The fraction of sp³-hybridized carbons (Fsp3) is 0.833. The van der Waals surface area contributed by atoms with E-state index < -0.39 is 12.0 Å². The van der Waals surface area contributed by atoms with Crippen LogP contribution in [0.15, 0.2) is 0 Å². The number of hydrogen-bond acceptors (Lipinski definition) is 3. The monoisotopic (exact) mass is 272 g/mol. The molecule has 0 bridgehead atoms. The van der Waals surface area contributed by atoms with Crippen molar-refractivity contribution >= 4 is 23.8 Å². The van der Waals surface area contributed by atoms with Crippen LogP contribution in [0.5, 0.6) is 0 Å². The highest BCUT2D eigenvalue weighted by Gasteiger charge is 2.35. The lowest BCUT2D eigenvalue weighted by Gasteiger charge is -2.24. The first kappa shape index (κ1) is 13.5. The number of rotatable bonds is 5. The number of aliphatic carboxylic acids is 1. The van der Waals surface area contributed by atoms with Crippen molar-refractivity contribution in [2.75, 3.05) is 11.6 Å². The molecule has 5 nitrogen and oxygen atoms in total. The molecular formula is C12H20N2O3S. The Hall–Kier alpha value is -0.910. The highest BCUT2D eigenvalue weighted by Crippen LogP contribution is 2.34. The minimum atomic E-state index is -0.912. The summed E-state index contributed by atoms with van der Waals surface area (Å²) < 4.78 is 0. The molecule has 0 aromatic carbocycles. The average molecular weight is 272 g/mol. The molecule has 2 atom stereocenters.